The average Bonchev–Trinajstić information content (AvgIpc) is 2.57. The molecule has 0 fully saturated rings. The maximum Gasteiger partial charge on any atom is 0.220 e. The summed E-state index contributed by atoms with van der Waals surface area (Å²) < 4.78 is 5.88. The monoisotopic (exact) mass is 325 g/mol. The Balaban J connectivity index is 1.73. The van der Waals surface area contributed by atoms with Gasteiger partial charge in [0.15, 0.2) is 0 Å². The van der Waals surface area contributed by atoms with Crippen LogP contribution in [0.2, 0.25) is 0 Å². The number of nitrogens with one attached hydrogen (secondary N) is 1. The molecule has 2 rings (SSSR count). The highest BCUT2D eigenvalue weighted by Gasteiger charge is 2.08. The Hall–Kier alpha value is -2.29. The summed E-state index contributed by atoms with van der Waals surface area (Å²) in [7, 11) is 0. The molecule has 0 aliphatic carbocycles. The second kappa shape index (κ2) is 9.11. The molecule has 0 saturated heterocycles. The van der Waals surface area contributed by atoms with Crippen LogP contribution in [-0.4, -0.2) is 19.1 Å². The van der Waals surface area contributed by atoms with Gasteiger partial charge in [0.1, 0.15) is 12.4 Å². The number of carbonyl (C=O) groups excluding carboxylic acids is 1. The summed E-state index contributed by atoms with van der Waals surface area (Å²) >= 11 is 0. The first-order chi connectivity index (χ1) is 11.6. The fourth-order valence-electron chi connectivity index (χ4n) is 2.59. The molecule has 1 N–H and O–H groups in total. The van der Waals surface area contributed by atoms with Crippen molar-refractivity contribution in [3.63, 3.8) is 0 Å². The highest BCUT2D eigenvalue weighted by Crippen LogP contribution is 2.27. The zero-order valence-corrected chi connectivity index (χ0v) is 14.8. The first kappa shape index (κ1) is 18.1. The molecule has 0 aliphatic heterocycles. The van der Waals surface area contributed by atoms with Crippen LogP contribution in [0.3, 0.4) is 0 Å². The summed E-state index contributed by atoms with van der Waals surface area (Å²) in [5.74, 6) is 1.40. The molecule has 0 atom stereocenters. The van der Waals surface area contributed by atoms with Gasteiger partial charge in [-0.15, -0.1) is 0 Å². The van der Waals surface area contributed by atoms with Crippen molar-refractivity contribution in [3.05, 3.63) is 65.2 Å². The Bertz CT molecular complexity index is 650. The fraction of sp³-hybridized carbons (Fsp3) is 0.381. The Morgan fingerprint density at radius 2 is 1.88 bits per heavy atom. The molecule has 2 aromatic rings. The normalized spacial score (nSPS) is 10.7. The zero-order chi connectivity index (χ0) is 17.4. The Labute approximate surface area is 145 Å². The number of carbonyl (C=O) groups is 1. The van der Waals surface area contributed by atoms with Gasteiger partial charge in [-0.25, -0.2) is 0 Å². The zero-order valence-electron chi connectivity index (χ0n) is 14.8. The van der Waals surface area contributed by atoms with E-state index in [0.29, 0.717) is 25.5 Å². The van der Waals surface area contributed by atoms with E-state index in [0.717, 1.165) is 12.2 Å². The molecule has 3 heteroatoms. The molecular formula is C21H27NO2. The van der Waals surface area contributed by atoms with Gasteiger partial charge in [0, 0.05) is 6.42 Å². The maximum absolute atomic E-state index is 11.9. The predicted octanol–water partition coefficient (Wildman–Crippen LogP) is 4.25. The van der Waals surface area contributed by atoms with Crippen LogP contribution < -0.4 is 10.1 Å². The lowest BCUT2D eigenvalue weighted by atomic mass is 10.0. The summed E-state index contributed by atoms with van der Waals surface area (Å²) in [6, 6.07) is 16.3. The van der Waals surface area contributed by atoms with Crippen molar-refractivity contribution in [3.8, 4) is 5.75 Å². The third-order valence-electron chi connectivity index (χ3n) is 3.96. The molecule has 0 aromatic heterocycles. The molecule has 2 aromatic carbocycles. The number of ether oxygens (including phenoxy) is 1. The van der Waals surface area contributed by atoms with E-state index in [4.69, 9.17) is 4.74 Å². The summed E-state index contributed by atoms with van der Waals surface area (Å²) in [4.78, 5) is 11.9. The van der Waals surface area contributed by atoms with E-state index in [1.807, 2.05) is 30.3 Å². The van der Waals surface area contributed by atoms with Crippen LogP contribution in [0.15, 0.2) is 48.5 Å². The molecule has 0 heterocycles. The Kier molecular flexibility index (Phi) is 6.86. The van der Waals surface area contributed by atoms with E-state index >= 15 is 0 Å². The van der Waals surface area contributed by atoms with Gasteiger partial charge in [0.25, 0.3) is 0 Å². The standard InChI is InChI=1S/C21H27NO2/c1-16(2)19-11-9-17(3)15-20(19)24-14-13-22-21(23)12-10-18-7-5-4-6-8-18/h4-9,11,15-16H,10,12-14H2,1-3H3,(H,22,23). The van der Waals surface area contributed by atoms with E-state index in [-0.39, 0.29) is 5.91 Å². The molecule has 128 valence electrons. The third-order valence-corrected chi connectivity index (χ3v) is 3.96. The lowest BCUT2D eigenvalue weighted by Crippen LogP contribution is -2.28. The molecular weight excluding hydrogens is 298 g/mol. The Morgan fingerprint density at radius 3 is 2.58 bits per heavy atom. The molecule has 0 saturated carbocycles. The molecule has 0 spiro atoms. The van der Waals surface area contributed by atoms with E-state index in [2.05, 4.69) is 44.3 Å². The van der Waals surface area contributed by atoms with Crippen LogP contribution in [0.5, 0.6) is 5.75 Å². The van der Waals surface area contributed by atoms with Gasteiger partial charge in [-0.3, -0.25) is 4.79 Å². The number of hydrogen-bond donors (Lipinski definition) is 1. The Morgan fingerprint density at radius 1 is 1.12 bits per heavy atom. The molecule has 24 heavy (non-hydrogen) atoms. The molecule has 0 unspecified atom stereocenters. The van der Waals surface area contributed by atoms with Crippen molar-refractivity contribution in [2.24, 2.45) is 0 Å². The van der Waals surface area contributed by atoms with Crippen molar-refractivity contribution in [2.75, 3.05) is 13.2 Å². The number of amides is 1. The molecule has 1 amide bonds. The molecule has 0 radical (unpaired) electrons. The quantitative estimate of drug-likeness (QED) is 0.737. The maximum atomic E-state index is 11.9. The summed E-state index contributed by atoms with van der Waals surface area (Å²) in [5.41, 5.74) is 3.57. The lowest BCUT2D eigenvalue weighted by molar-refractivity contribution is -0.121. The van der Waals surface area contributed by atoms with Gasteiger partial charge >= 0.3 is 0 Å². The molecule has 0 aliphatic rings. The molecule has 3 nitrogen and oxygen atoms in total. The largest absolute Gasteiger partial charge is 0.491 e. The van der Waals surface area contributed by atoms with Crippen molar-refractivity contribution in [2.45, 2.75) is 39.5 Å². The minimum atomic E-state index is 0.0655. The van der Waals surface area contributed by atoms with Crippen LogP contribution >= 0.6 is 0 Å². The topological polar surface area (TPSA) is 38.3 Å². The van der Waals surface area contributed by atoms with Crippen LogP contribution in [0.4, 0.5) is 0 Å². The predicted molar refractivity (Wildman–Crippen MR) is 98.5 cm³/mol. The van der Waals surface area contributed by atoms with Gasteiger partial charge in [-0.05, 0) is 42.0 Å². The average molecular weight is 325 g/mol. The van der Waals surface area contributed by atoms with Gasteiger partial charge < -0.3 is 10.1 Å². The number of aryl methyl sites for hydroxylation is 2. The van der Waals surface area contributed by atoms with Crippen LogP contribution in [-0.2, 0) is 11.2 Å². The second-order valence-corrected chi connectivity index (χ2v) is 6.38. The SMILES string of the molecule is Cc1ccc(C(C)C)c(OCCNC(=O)CCc2ccccc2)c1. The van der Waals surface area contributed by atoms with Crippen LogP contribution in [0.1, 0.15) is 42.9 Å². The highest BCUT2D eigenvalue weighted by atomic mass is 16.5. The number of hydrogen-bond acceptors (Lipinski definition) is 2. The van der Waals surface area contributed by atoms with Gasteiger partial charge in [0.05, 0.1) is 6.54 Å². The van der Waals surface area contributed by atoms with E-state index in [1.165, 1.54) is 16.7 Å². The van der Waals surface area contributed by atoms with Crippen molar-refractivity contribution >= 4 is 5.91 Å². The second-order valence-electron chi connectivity index (χ2n) is 6.38. The van der Waals surface area contributed by atoms with Gasteiger partial charge in [0.2, 0.25) is 5.91 Å². The van der Waals surface area contributed by atoms with Crippen LogP contribution in [0.25, 0.3) is 0 Å². The van der Waals surface area contributed by atoms with Crippen LogP contribution in [0, 0.1) is 6.92 Å². The highest BCUT2D eigenvalue weighted by molar-refractivity contribution is 5.76. The first-order valence-corrected chi connectivity index (χ1v) is 8.60. The van der Waals surface area contributed by atoms with Gasteiger partial charge in [-0.2, -0.15) is 0 Å². The first-order valence-electron chi connectivity index (χ1n) is 8.60. The van der Waals surface area contributed by atoms with Gasteiger partial charge in [-0.1, -0.05) is 56.3 Å². The smallest absolute Gasteiger partial charge is 0.220 e. The van der Waals surface area contributed by atoms with E-state index in [9.17, 15) is 4.79 Å². The van der Waals surface area contributed by atoms with Crippen molar-refractivity contribution in [1.29, 1.82) is 0 Å². The summed E-state index contributed by atoms with van der Waals surface area (Å²) in [6.07, 6.45) is 1.27. The van der Waals surface area contributed by atoms with Crippen molar-refractivity contribution in [1.82, 2.24) is 5.32 Å². The van der Waals surface area contributed by atoms with E-state index in [1.54, 1.807) is 0 Å². The molecule has 0 bridgehead atoms. The summed E-state index contributed by atoms with van der Waals surface area (Å²) in [6.45, 7) is 7.38. The van der Waals surface area contributed by atoms with E-state index < -0.39 is 0 Å². The number of benzene rings is 2. The minimum absolute atomic E-state index is 0.0655. The minimum Gasteiger partial charge on any atom is -0.491 e. The number of rotatable bonds is 8. The van der Waals surface area contributed by atoms with Crippen molar-refractivity contribution < 1.29 is 9.53 Å². The third kappa shape index (κ3) is 5.73. The fourth-order valence-corrected chi connectivity index (χ4v) is 2.59. The summed E-state index contributed by atoms with van der Waals surface area (Å²) in [5, 5.41) is 2.92. The lowest BCUT2D eigenvalue weighted by Gasteiger charge is -2.15.